The van der Waals surface area contributed by atoms with Crippen molar-refractivity contribution >= 4 is 0 Å². The molecule has 0 aromatic carbocycles. The molecule has 0 radical (unpaired) electrons. The SMILES string of the molecule is C#Cc1ccc(CCCO)nc1. The van der Waals surface area contributed by atoms with Crippen molar-refractivity contribution in [2.75, 3.05) is 6.61 Å². The van der Waals surface area contributed by atoms with Crippen LogP contribution in [0.3, 0.4) is 0 Å². The van der Waals surface area contributed by atoms with Crippen LogP contribution >= 0.6 is 0 Å². The van der Waals surface area contributed by atoms with Crippen LogP contribution in [0.15, 0.2) is 18.3 Å². The summed E-state index contributed by atoms with van der Waals surface area (Å²) >= 11 is 0. The number of pyridine rings is 1. The molecule has 1 aromatic heterocycles. The van der Waals surface area contributed by atoms with Gasteiger partial charge in [0, 0.05) is 24.1 Å². The van der Waals surface area contributed by atoms with Gasteiger partial charge < -0.3 is 5.11 Å². The van der Waals surface area contributed by atoms with E-state index in [2.05, 4.69) is 10.9 Å². The van der Waals surface area contributed by atoms with Gasteiger partial charge in [-0.2, -0.15) is 0 Å². The Morgan fingerprint density at radius 1 is 1.50 bits per heavy atom. The molecule has 0 aliphatic carbocycles. The maximum Gasteiger partial charge on any atom is 0.0434 e. The van der Waals surface area contributed by atoms with Gasteiger partial charge in [-0.3, -0.25) is 4.98 Å². The average molecular weight is 161 g/mol. The summed E-state index contributed by atoms with van der Waals surface area (Å²) in [6, 6.07) is 3.75. The molecule has 1 N–H and O–H groups in total. The number of aromatic nitrogens is 1. The summed E-state index contributed by atoms with van der Waals surface area (Å²) in [7, 11) is 0. The highest BCUT2D eigenvalue weighted by atomic mass is 16.2. The molecular weight excluding hydrogens is 150 g/mol. The van der Waals surface area contributed by atoms with E-state index < -0.39 is 0 Å². The Balaban J connectivity index is 2.60. The van der Waals surface area contributed by atoms with Gasteiger partial charge in [0.2, 0.25) is 0 Å². The molecule has 0 atom stereocenters. The highest BCUT2D eigenvalue weighted by Crippen LogP contribution is 2.00. The number of hydrogen-bond donors (Lipinski definition) is 1. The monoisotopic (exact) mass is 161 g/mol. The summed E-state index contributed by atoms with van der Waals surface area (Å²) < 4.78 is 0. The third-order valence-electron chi connectivity index (χ3n) is 1.58. The van der Waals surface area contributed by atoms with Gasteiger partial charge in [0.05, 0.1) is 0 Å². The largest absolute Gasteiger partial charge is 0.396 e. The van der Waals surface area contributed by atoms with Gasteiger partial charge >= 0.3 is 0 Å². The minimum absolute atomic E-state index is 0.207. The van der Waals surface area contributed by atoms with Crippen molar-refractivity contribution in [1.82, 2.24) is 4.98 Å². The van der Waals surface area contributed by atoms with Crippen LogP contribution in [0.5, 0.6) is 0 Å². The molecule has 0 bridgehead atoms. The zero-order valence-electron chi connectivity index (χ0n) is 6.83. The molecule has 2 nitrogen and oxygen atoms in total. The van der Waals surface area contributed by atoms with Crippen molar-refractivity contribution in [3.8, 4) is 12.3 Å². The van der Waals surface area contributed by atoms with E-state index in [4.69, 9.17) is 11.5 Å². The highest BCUT2D eigenvalue weighted by molar-refractivity contribution is 5.29. The second-order valence-electron chi connectivity index (χ2n) is 2.51. The molecule has 1 aromatic rings. The fourth-order valence-electron chi connectivity index (χ4n) is 0.918. The van der Waals surface area contributed by atoms with E-state index in [1.165, 1.54) is 0 Å². The van der Waals surface area contributed by atoms with Crippen LogP contribution in [-0.4, -0.2) is 16.7 Å². The fraction of sp³-hybridized carbons (Fsp3) is 0.300. The summed E-state index contributed by atoms with van der Waals surface area (Å²) in [4.78, 5) is 4.13. The van der Waals surface area contributed by atoms with E-state index in [9.17, 15) is 0 Å². The van der Waals surface area contributed by atoms with Crippen molar-refractivity contribution in [3.05, 3.63) is 29.6 Å². The zero-order chi connectivity index (χ0) is 8.81. The Morgan fingerprint density at radius 3 is 2.83 bits per heavy atom. The third-order valence-corrected chi connectivity index (χ3v) is 1.58. The fourth-order valence-corrected chi connectivity index (χ4v) is 0.918. The average Bonchev–Trinajstić information content (AvgIpc) is 2.15. The van der Waals surface area contributed by atoms with Gasteiger partial charge in [-0.25, -0.2) is 0 Å². The molecule has 1 rings (SSSR count). The number of aliphatic hydroxyl groups is 1. The zero-order valence-corrected chi connectivity index (χ0v) is 6.83. The van der Waals surface area contributed by atoms with Gasteiger partial charge in [-0.15, -0.1) is 6.42 Å². The van der Waals surface area contributed by atoms with Crippen LogP contribution in [0.25, 0.3) is 0 Å². The van der Waals surface area contributed by atoms with Crippen molar-refractivity contribution in [2.24, 2.45) is 0 Å². The van der Waals surface area contributed by atoms with E-state index in [1.807, 2.05) is 12.1 Å². The lowest BCUT2D eigenvalue weighted by atomic mass is 10.2. The van der Waals surface area contributed by atoms with Crippen LogP contribution in [-0.2, 0) is 6.42 Å². The van der Waals surface area contributed by atoms with Crippen molar-refractivity contribution in [3.63, 3.8) is 0 Å². The summed E-state index contributed by atoms with van der Waals surface area (Å²) in [6.07, 6.45) is 8.40. The lowest BCUT2D eigenvalue weighted by Crippen LogP contribution is -1.92. The summed E-state index contributed by atoms with van der Waals surface area (Å²) in [5.74, 6) is 2.50. The molecule has 0 saturated carbocycles. The Labute approximate surface area is 72.3 Å². The van der Waals surface area contributed by atoms with Crippen LogP contribution in [0.1, 0.15) is 17.7 Å². The Bertz CT molecular complexity index is 271. The maximum absolute atomic E-state index is 8.57. The number of aliphatic hydroxyl groups excluding tert-OH is 1. The standard InChI is InChI=1S/C10H11NO/c1-2-9-5-6-10(11-8-9)4-3-7-12/h1,5-6,8,12H,3-4,7H2. The minimum atomic E-state index is 0.207. The van der Waals surface area contributed by atoms with Crippen molar-refractivity contribution in [2.45, 2.75) is 12.8 Å². The summed E-state index contributed by atoms with van der Waals surface area (Å²) in [5, 5.41) is 8.57. The molecule has 0 fully saturated rings. The number of terminal acetylenes is 1. The first-order chi connectivity index (χ1) is 5.86. The van der Waals surface area contributed by atoms with E-state index in [0.717, 1.165) is 24.1 Å². The molecule has 1 heterocycles. The van der Waals surface area contributed by atoms with E-state index in [1.54, 1.807) is 6.20 Å². The van der Waals surface area contributed by atoms with E-state index >= 15 is 0 Å². The topological polar surface area (TPSA) is 33.1 Å². The molecule has 0 unspecified atom stereocenters. The van der Waals surface area contributed by atoms with Crippen LogP contribution < -0.4 is 0 Å². The number of aryl methyl sites for hydroxylation is 1. The second-order valence-corrected chi connectivity index (χ2v) is 2.51. The lowest BCUT2D eigenvalue weighted by molar-refractivity contribution is 0.288. The van der Waals surface area contributed by atoms with Crippen LogP contribution in [0.2, 0.25) is 0 Å². The predicted octanol–water partition coefficient (Wildman–Crippen LogP) is 0.988. The quantitative estimate of drug-likeness (QED) is 0.670. The van der Waals surface area contributed by atoms with Crippen LogP contribution in [0, 0.1) is 12.3 Å². The normalized spacial score (nSPS) is 9.33. The van der Waals surface area contributed by atoms with Crippen LogP contribution in [0.4, 0.5) is 0 Å². The molecular formula is C10H11NO. The summed E-state index contributed by atoms with van der Waals surface area (Å²) in [6.45, 7) is 0.207. The smallest absolute Gasteiger partial charge is 0.0434 e. The van der Waals surface area contributed by atoms with Gasteiger partial charge in [0.1, 0.15) is 0 Å². The first kappa shape index (κ1) is 8.76. The van der Waals surface area contributed by atoms with E-state index in [0.29, 0.717) is 0 Å². The van der Waals surface area contributed by atoms with Crippen molar-refractivity contribution in [1.29, 1.82) is 0 Å². The molecule has 0 amide bonds. The number of rotatable bonds is 3. The van der Waals surface area contributed by atoms with Gasteiger partial charge in [0.15, 0.2) is 0 Å². The molecule has 12 heavy (non-hydrogen) atoms. The first-order valence-corrected chi connectivity index (χ1v) is 3.89. The Hall–Kier alpha value is -1.33. The molecule has 2 heteroatoms. The van der Waals surface area contributed by atoms with Gasteiger partial charge in [-0.05, 0) is 25.0 Å². The predicted molar refractivity (Wildman–Crippen MR) is 47.6 cm³/mol. The molecule has 0 spiro atoms. The lowest BCUT2D eigenvalue weighted by Gasteiger charge is -1.97. The molecule has 0 saturated heterocycles. The first-order valence-electron chi connectivity index (χ1n) is 3.89. The number of hydrogen-bond acceptors (Lipinski definition) is 2. The Morgan fingerprint density at radius 2 is 2.33 bits per heavy atom. The second kappa shape index (κ2) is 4.53. The Kier molecular flexibility index (Phi) is 3.31. The van der Waals surface area contributed by atoms with E-state index in [-0.39, 0.29) is 6.61 Å². The minimum Gasteiger partial charge on any atom is -0.396 e. The number of nitrogens with zero attached hydrogens (tertiary/aromatic N) is 1. The highest BCUT2D eigenvalue weighted by Gasteiger charge is 1.93. The molecule has 0 aliphatic rings. The van der Waals surface area contributed by atoms with Gasteiger partial charge in [-0.1, -0.05) is 5.92 Å². The van der Waals surface area contributed by atoms with Gasteiger partial charge in [0.25, 0.3) is 0 Å². The maximum atomic E-state index is 8.57. The van der Waals surface area contributed by atoms with Crippen molar-refractivity contribution < 1.29 is 5.11 Å². The molecule has 0 aliphatic heterocycles. The molecule has 62 valence electrons. The third kappa shape index (κ3) is 2.37. The summed E-state index contributed by atoms with van der Waals surface area (Å²) in [5.41, 5.74) is 1.77.